The van der Waals surface area contributed by atoms with E-state index in [2.05, 4.69) is 9.72 Å². The van der Waals surface area contributed by atoms with Crippen LogP contribution in [0.3, 0.4) is 0 Å². The molecule has 2 aromatic heterocycles. The van der Waals surface area contributed by atoms with E-state index in [1.54, 1.807) is 24.7 Å². The van der Waals surface area contributed by atoms with Crippen molar-refractivity contribution >= 4 is 17.3 Å². The number of halogens is 3. The second-order valence-corrected chi connectivity index (χ2v) is 8.24. The van der Waals surface area contributed by atoms with E-state index in [1.165, 1.54) is 35.6 Å². The predicted molar refractivity (Wildman–Crippen MR) is 121 cm³/mol. The van der Waals surface area contributed by atoms with Crippen molar-refractivity contribution in [2.24, 2.45) is 0 Å². The van der Waals surface area contributed by atoms with Gasteiger partial charge in [0.15, 0.2) is 0 Å². The van der Waals surface area contributed by atoms with Crippen LogP contribution in [0.5, 0.6) is 11.5 Å². The van der Waals surface area contributed by atoms with Gasteiger partial charge in [0.25, 0.3) is 0 Å². The fraction of sp³-hybridized carbons (Fsp3) is 0.167. The van der Waals surface area contributed by atoms with Crippen LogP contribution < -0.4 is 9.47 Å². The third kappa shape index (κ3) is 5.07. The van der Waals surface area contributed by atoms with Gasteiger partial charge in [-0.1, -0.05) is 12.1 Å². The van der Waals surface area contributed by atoms with Crippen molar-refractivity contribution < 1.29 is 32.5 Å². The number of nitrogens with zero attached hydrogens (tertiary/aromatic N) is 2. The maximum absolute atomic E-state index is 12.6. The third-order valence-corrected chi connectivity index (χ3v) is 6.06. The Balaban J connectivity index is 1.71. The normalized spacial score (nSPS) is 11.4. The predicted octanol–water partition coefficient (Wildman–Crippen LogP) is 6.24. The van der Waals surface area contributed by atoms with Gasteiger partial charge in [-0.25, -0.2) is 9.78 Å². The van der Waals surface area contributed by atoms with Crippen LogP contribution in [0, 0.1) is 6.92 Å². The molecular weight excluding hydrogens is 469 g/mol. The number of hydrogen-bond acceptors (Lipinski definition) is 5. The Morgan fingerprint density at radius 3 is 2.50 bits per heavy atom. The van der Waals surface area contributed by atoms with E-state index < -0.39 is 12.3 Å². The molecule has 2 aromatic carbocycles. The lowest BCUT2D eigenvalue weighted by Gasteiger charge is -2.13. The van der Waals surface area contributed by atoms with Gasteiger partial charge >= 0.3 is 12.3 Å². The van der Waals surface area contributed by atoms with Gasteiger partial charge in [0.2, 0.25) is 0 Å². The van der Waals surface area contributed by atoms with Gasteiger partial charge < -0.3 is 19.1 Å². The maximum atomic E-state index is 12.6. The largest absolute Gasteiger partial charge is 0.573 e. The number of aromatic carboxylic acids is 1. The first kappa shape index (κ1) is 23.4. The first-order valence-electron chi connectivity index (χ1n) is 10.0. The van der Waals surface area contributed by atoms with E-state index >= 15 is 0 Å². The Labute approximate surface area is 196 Å². The van der Waals surface area contributed by atoms with Crippen LogP contribution in [0.1, 0.15) is 21.6 Å². The van der Waals surface area contributed by atoms with Crippen molar-refractivity contribution in [2.45, 2.75) is 19.8 Å². The van der Waals surface area contributed by atoms with Crippen molar-refractivity contribution in [1.29, 1.82) is 0 Å². The number of carbonyl (C=O) groups is 1. The Morgan fingerprint density at radius 2 is 1.85 bits per heavy atom. The summed E-state index contributed by atoms with van der Waals surface area (Å²) in [6.07, 6.45) is -4.80. The smallest absolute Gasteiger partial charge is 0.497 e. The van der Waals surface area contributed by atoms with Crippen LogP contribution in [0.25, 0.3) is 22.0 Å². The molecule has 0 spiro atoms. The van der Waals surface area contributed by atoms with Gasteiger partial charge in [0.05, 0.1) is 24.1 Å². The number of hydrogen-bond donors (Lipinski definition) is 1. The Kier molecular flexibility index (Phi) is 6.34. The van der Waals surface area contributed by atoms with Crippen LogP contribution in [-0.2, 0) is 6.54 Å². The number of rotatable bonds is 7. The van der Waals surface area contributed by atoms with E-state index in [9.17, 15) is 23.1 Å². The lowest BCUT2D eigenvalue weighted by Crippen LogP contribution is -2.17. The molecule has 6 nitrogen and oxygen atoms in total. The van der Waals surface area contributed by atoms with Gasteiger partial charge in [0, 0.05) is 23.2 Å². The van der Waals surface area contributed by atoms with Gasteiger partial charge in [-0.3, -0.25) is 0 Å². The molecule has 4 rings (SSSR count). The van der Waals surface area contributed by atoms with Crippen molar-refractivity contribution in [1.82, 2.24) is 9.55 Å². The van der Waals surface area contributed by atoms with Crippen LogP contribution in [0.15, 0.2) is 60.0 Å². The molecule has 0 amide bonds. The molecule has 0 atom stereocenters. The molecule has 0 saturated heterocycles. The monoisotopic (exact) mass is 488 g/mol. The van der Waals surface area contributed by atoms with Crippen LogP contribution in [0.4, 0.5) is 13.2 Å². The molecule has 0 radical (unpaired) electrons. The molecule has 0 aliphatic rings. The van der Waals surface area contributed by atoms with Crippen molar-refractivity contribution in [3.05, 3.63) is 76.8 Å². The van der Waals surface area contributed by atoms with E-state index in [0.717, 1.165) is 10.6 Å². The third-order valence-electron chi connectivity index (χ3n) is 5.17. The zero-order chi connectivity index (χ0) is 24.5. The number of thiazole rings is 1. The Bertz CT molecular complexity index is 1330. The second kappa shape index (κ2) is 9.22. The van der Waals surface area contributed by atoms with Gasteiger partial charge in [-0.05, 0) is 55.0 Å². The van der Waals surface area contributed by atoms with E-state index in [4.69, 9.17) is 4.74 Å². The van der Waals surface area contributed by atoms with Crippen molar-refractivity contribution in [2.75, 3.05) is 7.11 Å². The minimum atomic E-state index is -4.80. The molecule has 0 aliphatic heterocycles. The average Bonchev–Trinajstić information content (AvgIpc) is 3.38. The van der Waals surface area contributed by atoms with Crippen LogP contribution in [0.2, 0.25) is 0 Å². The SMILES string of the molecule is COc1ccc(-c2nc(-c3cc(C(=O)O)c(C)n3Cc3cccc(OC(F)(F)F)c3)cs2)cc1. The number of carboxylic acid groups (broad SMARTS) is 1. The lowest BCUT2D eigenvalue weighted by atomic mass is 10.2. The topological polar surface area (TPSA) is 73.6 Å². The molecule has 1 N–H and O–H groups in total. The highest BCUT2D eigenvalue weighted by atomic mass is 32.1. The zero-order valence-electron chi connectivity index (χ0n) is 18.1. The number of benzene rings is 2. The highest BCUT2D eigenvalue weighted by molar-refractivity contribution is 7.13. The minimum Gasteiger partial charge on any atom is -0.497 e. The first-order chi connectivity index (χ1) is 16.1. The number of alkyl halides is 3. The van der Waals surface area contributed by atoms with E-state index in [1.807, 2.05) is 29.6 Å². The quantitative estimate of drug-likeness (QED) is 0.333. The second-order valence-electron chi connectivity index (χ2n) is 7.38. The van der Waals surface area contributed by atoms with Gasteiger partial charge in [-0.15, -0.1) is 24.5 Å². The highest BCUT2D eigenvalue weighted by Crippen LogP contribution is 2.33. The highest BCUT2D eigenvalue weighted by Gasteiger charge is 2.31. The maximum Gasteiger partial charge on any atom is 0.573 e. The summed E-state index contributed by atoms with van der Waals surface area (Å²) in [5.41, 5.74) is 3.06. The summed E-state index contributed by atoms with van der Waals surface area (Å²) in [4.78, 5) is 16.5. The fourth-order valence-electron chi connectivity index (χ4n) is 3.56. The molecule has 176 valence electrons. The summed E-state index contributed by atoms with van der Waals surface area (Å²) in [5.74, 6) is -0.726. The summed E-state index contributed by atoms with van der Waals surface area (Å²) in [6, 6.07) is 14.5. The standard InChI is InChI=1S/C24H19F3N2O4S/c1-14-19(23(30)31)11-21(20-13-34-22(28-20)16-6-8-17(32-2)9-7-16)29(14)12-15-4-3-5-18(10-15)33-24(25,26)27/h3-11,13H,12H2,1-2H3,(H,30,31). The Hall–Kier alpha value is -3.79. The molecule has 4 aromatic rings. The van der Waals surface area contributed by atoms with Crippen LogP contribution in [-0.4, -0.2) is 34.1 Å². The summed E-state index contributed by atoms with van der Waals surface area (Å²) in [7, 11) is 1.58. The van der Waals surface area contributed by atoms with Crippen molar-refractivity contribution in [3.63, 3.8) is 0 Å². The number of aromatic nitrogens is 2. The lowest BCUT2D eigenvalue weighted by molar-refractivity contribution is -0.274. The number of methoxy groups -OCH3 is 1. The molecule has 0 unspecified atom stereocenters. The minimum absolute atomic E-state index is 0.0942. The van der Waals surface area contributed by atoms with Crippen LogP contribution >= 0.6 is 11.3 Å². The van der Waals surface area contributed by atoms with Gasteiger partial charge in [-0.2, -0.15) is 0 Å². The fourth-order valence-corrected chi connectivity index (χ4v) is 4.38. The number of ether oxygens (including phenoxy) is 2. The van der Waals surface area contributed by atoms with Gasteiger partial charge in [0.1, 0.15) is 16.5 Å². The summed E-state index contributed by atoms with van der Waals surface area (Å²) in [6.45, 7) is 1.79. The summed E-state index contributed by atoms with van der Waals surface area (Å²) >= 11 is 1.40. The molecule has 10 heteroatoms. The average molecular weight is 488 g/mol. The first-order valence-corrected chi connectivity index (χ1v) is 10.9. The molecule has 0 fully saturated rings. The van der Waals surface area contributed by atoms with Crippen molar-refractivity contribution in [3.8, 4) is 33.5 Å². The van der Waals surface area contributed by atoms with E-state index in [0.29, 0.717) is 28.4 Å². The molecule has 34 heavy (non-hydrogen) atoms. The molecule has 0 saturated carbocycles. The zero-order valence-corrected chi connectivity index (χ0v) is 18.9. The number of carboxylic acids is 1. The summed E-state index contributed by atoms with van der Waals surface area (Å²) < 4.78 is 48.8. The molecule has 2 heterocycles. The molecule has 0 bridgehead atoms. The molecular formula is C24H19F3N2O4S. The molecule has 0 aliphatic carbocycles. The Morgan fingerprint density at radius 1 is 1.12 bits per heavy atom. The van der Waals surface area contributed by atoms with E-state index in [-0.39, 0.29) is 17.9 Å². The summed E-state index contributed by atoms with van der Waals surface area (Å²) in [5, 5.41) is 12.2.